The standard InChI is InChI=1S/C30H24N2/c1-2-10-23(11-3-1)24-17-18-30-28-15-7-4-12-25(28)21-31-19-9-8-16-29(31)27-14-6-5-13-26(27)22-32(30)20-24/h1-20H,21-22H2/q+2. The second-order valence-corrected chi connectivity index (χ2v) is 8.33. The maximum Gasteiger partial charge on any atom is 0.213 e. The predicted molar refractivity (Wildman–Crippen MR) is 128 cm³/mol. The highest BCUT2D eigenvalue weighted by molar-refractivity contribution is 5.67. The van der Waals surface area contributed by atoms with E-state index in [0.29, 0.717) is 0 Å². The van der Waals surface area contributed by atoms with Crippen LogP contribution >= 0.6 is 0 Å². The number of pyridine rings is 2. The number of fused-ring (bicyclic) bond motifs is 6. The van der Waals surface area contributed by atoms with Crippen molar-refractivity contribution in [1.82, 2.24) is 0 Å². The molecule has 0 spiro atoms. The molecule has 0 unspecified atom stereocenters. The molecule has 1 aliphatic heterocycles. The Morgan fingerprint density at radius 1 is 0.438 bits per heavy atom. The van der Waals surface area contributed by atoms with Crippen LogP contribution in [0.3, 0.4) is 0 Å². The van der Waals surface area contributed by atoms with Crippen LogP contribution in [0.2, 0.25) is 0 Å². The largest absolute Gasteiger partial charge is 0.213 e. The van der Waals surface area contributed by atoms with Crippen LogP contribution in [-0.2, 0) is 13.1 Å². The third-order valence-corrected chi connectivity index (χ3v) is 6.34. The van der Waals surface area contributed by atoms with Crippen LogP contribution in [0.15, 0.2) is 122 Å². The Labute approximate surface area is 188 Å². The highest BCUT2D eigenvalue weighted by Gasteiger charge is 2.25. The molecule has 2 aromatic heterocycles. The highest BCUT2D eigenvalue weighted by Crippen LogP contribution is 2.28. The van der Waals surface area contributed by atoms with Crippen LogP contribution in [0.4, 0.5) is 0 Å². The van der Waals surface area contributed by atoms with E-state index in [1.807, 2.05) is 0 Å². The molecule has 0 bridgehead atoms. The fourth-order valence-electron chi connectivity index (χ4n) is 4.76. The quantitative estimate of drug-likeness (QED) is 0.307. The number of rotatable bonds is 1. The zero-order valence-corrected chi connectivity index (χ0v) is 17.9. The first kappa shape index (κ1) is 18.7. The zero-order chi connectivity index (χ0) is 21.3. The smallest absolute Gasteiger partial charge is 0.194 e. The minimum Gasteiger partial charge on any atom is -0.194 e. The van der Waals surface area contributed by atoms with Crippen molar-refractivity contribution in [2.75, 3.05) is 0 Å². The molecule has 3 heterocycles. The average molecular weight is 413 g/mol. The molecule has 1 aliphatic rings. The van der Waals surface area contributed by atoms with Crippen molar-refractivity contribution < 1.29 is 9.13 Å². The maximum atomic E-state index is 2.42. The van der Waals surface area contributed by atoms with Crippen molar-refractivity contribution in [3.05, 3.63) is 133 Å². The van der Waals surface area contributed by atoms with Crippen LogP contribution in [-0.4, -0.2) is 0 Å². The second kappa shape index (κ2) is 7.90. The summed E-state index contributed by atoms with van der Waals surface area (Å²) in [5, 5.41) is 0. The Morgan fingerprint density at radius 3 is 1.78 bits per heavy atom. The van der Waals surface area contributed by atoms with Gasteiger partial charge in [0, 0.05) is 34.9 Å². The first-order chi connectivity index (χ1) is 15.9. The lowest BCUT2D eigenvalue weighted by Gasteiger charge is -2.14. The van der Waals surface area contributed by atoms with Gasteiger partial charge in [0.2, 0.25) is 11.4 Å². The van der Waals surface area contributed by atoms with Gasteiger partial charge in [-0.2, -0.15) is 9.13 Å². The first-order valence-corrected chi connectivity index (χ1v) is 11.1. The molecule has 152 valence electrons. The molecule has 32 heavy (non-hydrogen) atoms. The van der Waals surface area contributed by atoms with Crippen LogP contribution in [0.25, 0.3) is 33.6 Å². The highest BCUT2D eigenvalue weighted by atomic mass is 15.0. The summed E-state index contributed by atoms with van der Waals surface area (Å²) in [6.45, 7) is 1.65. The Morgan fingerprint density at radius 2 is 1.03 bits per heavy atom. The number of hydrogen-bond donors (Lipinski definition) is 0. The van der Waals surface area contributed by atoms with Gasteiger partial charge in [-0.15, -0.1) is 0 Å². The third-order valence-electron chi connectivity index (χ3n) is 6.34. The molecular weight excluding hydrogens is 388 g/mol. The topological polar surface area (TPSA) is 7.76 Å². The minimum atomic E-state index is 0.815. The molecule has 2 nitrogen and oxygen atoms in total. The fraction of sp³-hybridized carbons (Fsp3) is 0.0667. The number of aromatic nitrogens is 2. The van der Waals surface area contributed by atoms with Gasteiger partial charge in [-0.3, -0.25) is 0 Å². The molecule has 0 fully saturated rings. The van der Waals surface area contributed by atoms with Crippen LogP contribution in [0.1, 0.15) is 11.1 Å². The molecular formula is C30H24N2+2. The Hall–Kier alpha value is -4.04. The van der Waals surface area contributed by atoms with Crippen LogP contribution < -0.4 is 9.13 Å². The van der Waals surface area contributed by atoms with Gasteiger partial charge in [0.05, 0.1) is 11.1 Å². The first-order valence-electron chi connectivity index (χ1n) is 11.1. The van der Waals surface area contributed by atoms with E-state index in [4.69, 9.17) is 0 Å². The summed E-state index contributed by atoms with van der Waals surface area (Å²) in [5.74, 6) is 0. The summed E-state index contributed by atoms with van der Waals surface area (Å²) in [6.07, 6.45) is 4.50. The van der Waals surface area contributed by atoms with E-state index in [2.05, 4.69) is 131 Å². The molecule has 0 atom stereocenters. The normalized spacial score (nSPS) is 12.1. The van der Waals surface area contributed by atoms with Crippen LogP contribution in [0, 0.1) is 0 Å². The second-order valence-electron chi connectivity index (χ2n) is 8.33. The van der Waals surface area contributed by atoms with Gasteiger partial charge in [0.25, 0.3) is 0 Å². The molecule has 0 N–H and O–H groups in total. The number of benzene rings is 3. The fourth-order valence-corrected chi connectivity index (χ4v) is 4.76. The summed E-state index contributed by atoms with van der Waals surface area (Å²) in [7, 11) is 0. The van der Waals surface area contributed by atoms with E-state index in [-0.39, 0.29) is 0 Å². The summed E-state index contributed by atoms with van der Waals surface area (Å²) in [6, 6.07) is 39.2. The maximum absolute atomic E-state index is 2.42. The average Bonchev–Trinajstić information content (AvgIpc) is 2.86. The summed E-state index contributed by atoms with van der Waals surface area (Å²) < 4.78 is 4.78. The van der Waals surface area contributed by atoms with Crippen molar-refractivity contribution in [1.29, 1.82) is 0 Å². The molecule has 2 heteroatoms. The molecule has 0 radical (unpaired) electrons. The molecule has 0 saturated carbocycles. The molecule has 6 rings (SSSR count). The Balaban J connectivity index is 1.62. The van der Waals surface area contributed by atoms with Gasteiger partial charge < -0.3 is 0 Å². The lowest BCUT2D eigenvalue weighted by molar-refractivity contribution is -0.682. The molecule has 0 amide bonds. The monoisotopic (exact) mass is 412 g/mol. The van der Waals surface area contributed by atoms with Crippen LogP contribution in [0.5, 0.6) is 0 Å². The van der Waals surface area contributed by atoms with Crippen molar-refractivity contribution in [2.24, 2.45) is 0 Å². The van der Waals surface area contributed by atoms with Gasteiger partial charge in [0.15, 0.2) is 25.5 Å². The van der Waals surface area contributed by atoms with Gasteiger partial charge in [-0.1, -0.05) is 66.7 Å². The minimum absolute atomic E-state index is 0.815. The van der Waals surface area contributed by atoms with Crippen molar-refractivity contribution in [3.63, 3.8) is 0 Å². The van der Waals surface area contributed by atoms with E-state index < -0.39 is 0 Å². The van der Waals surface area contributed by atoms with E-state index in [9.17, 15) is 0 Å². The van der Waals surface area contributed by atoms with Crippen molar-refractivity contribution >= 4 is 0 Å². The molecule has 3 aromatic carbocycles. The van der Waals surface area contributed by atoms with E-state index in [1.165, 1.54) is 44.8 Å². The zero-order valence-electron chi connectivity index (χ0n) is 17.9. The van der Waals surface area contributed by atoms with E-state index >= 15 is 0 Å². The van der Waals surface area contributed by atoms with E-state index in [1.54, 1.807) is 0 Å². The lowest BCUT2D eigenvalue weighted by Crippen LogP contribution is -2.41. The predicted octanol–water partition coefficient (Wildman–Crippen LogP) is 5.67. The number of nitrogens with zero attached hydrogens (tertiary/aromatic N) is 2. The number of hydrogen-bond acceptors (Lipinski definition) is 0. The van der Waals surface area contributed by atoms with Crippen molar-refractivity contribution in [3.8, 4) is 33.6 Å². The Bertz CT molecular complexity index is 1420. The van der Waals surface area contributed by atoms with E-state index in [0.717, 1.165) is 13.1 Å². The summed E-state index contributed by atoms with van der Waals surface area (Å²) in [4.78, 5) is 0. The summed E-state index contributed by atoms with van der Waals surface area (Å²) in [5.41, 5.74) is 10.2. The molecule has 5 aromatic rings. The summed E-state index contributed by atoms with van der Waals surface area (Å²) >= 11 is 0. The molecule has 0 aliphatic carbocycles. The molecule has 0 saturated heterocycles. The van der Waals surface area contributed by atoms with Crippen molar-refractivity contribution in [2.45, 2.75) is 13.1 Å². The third kappa shape index (κ3) is 3.30. The lowest BCUT2D eigenvalue weighted by atomic mass is 9.98. The van der Waals surface area contributed by atoms with Gasteiger partial charge in [-0.25, -0.2) is 0 Å². The SMILES string of the molecule is c1ccc(-c2ccc3[n+](c2)Cc2ccccc2-c2cccc[n+]2Cc2ccccc2-3)cc1. The van der Waals surface area contributed by atoms with Gasteiger partial charge >= 0.3 is 0 Å². The Kier molecular flexibility index (Phi) is 4.62. The van der Waals surface area contributed by atoms with Gasteiger partial charge in [-0.05, 0) is 29.8 Å². The van der Waals surface area contributed by atoms with Gasteiger partial charge in [0.1, 0.15) is 0 Å².